The average molecular weight is 487 g/mol. The zero-order chi connectivity index (χ0) is 26.0. The van der Waals surface area contributed by atoms with Crippen LogP contribution in [0.3, 0.4) is 0 Å². The lowest BCUT2D eigenvalue weighted by Crippen LogP contribution is -2.57. The van der Waals surface area contributed by atoms with Gasteiger partial charge in [0.25, 0.3) is 0 Å². The SMILES string of the molecule is CCC(C)C(N)C(=O)NC(C)C(=O)NC(Cc1ccccc1)C(=O)NC(Cc1cnc[nH]1)C(=O)O. The molecular weight excluding hydrogens is 452 g/mol. The van der Waals surface area contributed by atoms with E-state index in [1.807, 2.05) is 19.9 Å². The first kappa shape index (κ1) is 27.5. The molecule has 5 unspecified atom stereocenters. The Morgan fingerprint density at radius 3 is 2.20 bits per heavy atom. The number of imidazole rings is 1. The van der Waals surface area contributed by atoms with Gasteiger partial charge in [0, 0.05) is 24.7 Å². The molecule has 0 saturated carbocycles. The molecule has 0 aliphatic carbocycles. The third-order valence-electron chi connectivity index (χ3n) is 5.82. The molecule has 190 valence electrons. The number of carbonyl (C=O) groups excluding carboxylic acids is 3. The number of hydrogen-bond acceptors (Lipinski definition) is 6. The van der Waals surface area contributed by atoms with Gasteiger partial charge in [-0.05, 0) is 18.4 Å². The molecule has 0 fully saturated rings. The number of aliphatic carboxylic acids is 1. The molecule has 35 heavy (non-hydrogen) atoms. The van der Waals surface area contributed by atoms with E-state index in [4.69, 9.17) is 5.73 Å². The van der Waals surface area contributed by atoms with Crippen molar-refractivity contribution in [2.75, 3.05) is 0 Å². The highest BCUT2D eigenvalue weighted by atomic mass is 16.4. The molecule has 1 heterocycles. The monoisotopic (exact) mass is 486 g/mol. The number of aromatic amines is 1. The molecule has 5 atom stereocenters. The predicted octanol–water partition coefficient (Wildman–Crippen LogP) is 0.127. The van der Waals surface area contributed by atoms with Crippen molar-refractivity contribution in [3.05, 3.63) is 54.1 Å². The summed E-state index contributed by atoms with van der Waals surface area (Å²) in [4.78, 5) is 56.7. The van der Waals surface area contributed by atoms with Crippen molar-refractivity contribution < 1.29 is 24.3 Å². The van der Waals surface area contributed by atoms with Gasteiger partial charge in [-0.3, -0.25) is 14.4 Å². The minimum atomic E-state index is -1.23. The number of carboxylic acids is 1. The molecule has 2 aromatic rings. The Kier molecular flexibility index (Phi) is 10.4. The number of H-pyrrole nitrogens is 1. The van der Waals surface area contributed by atoms with Gasteiger partial charge in [-0.25, -0.2) is 9.78 Å². The van der Waals surface area contributed by atoms with Gasteiger partial charge >= 0.3 is 5.97 Å². The predicted molar refractivity (Wildman–Crippen MR) is 129 cm³/mol. The molecule has 0 saturated heterocycles. The second-order valence-corrected chi connectivity index (χ2v) is 8.57. The van der Waals surface area contributed by atoms with E-state index in [2.05, 4.69) is 25.9 Å². The van der Waals surface area contributed by atoms with Crippen LogP contribution in [0.4, 0.5) is 0 Å². The maximum Gasteiger partial charge on any atom is 0.326 e. The summed E-state index contributed by atoms with van der Waals surface area (Å²) >= 11 is 0. The molecule has 1 aromatic heterocycles. The molecule has 11 nitrogen and oxygen atoms in total. The highest BCUT2D eigenvalue weighted by Gasteiger charge is 2.30. The van der Waals surface area contributed by atoms with E-state index >= 15 is 0 Å². The first-order valence-corrected chi connectivity index (χ1v) is 11.5. The summed E-state index contributed by atoms with van der Waals surface area (Å²) in [6.45, 7) is 5.25. The Hall–Kier alpha value is -3.73. The van der Waals surface area contributed by atoms with Crippen molar-refractivity contribution in [2.24, 2.45) is 11.7 Å². The summed E-state index contributed by atoms with van der Waals surface area (Å²) in [6, 6.07) is 4.97. The Bertz CT molecular complexity index is 982. The van der Waals surface area contributed by atoms with Crippen LogP contribution in [-0.2, 0) is 32.0 Å². The fourth-order valence-corrected chi connectivity index (χ4v) is 3.33. The van der Waals surface area contributed by atoms with E-state index < -0.39 is 47.9 Å². The van der Waals surface area contributed by atoms with Gasteiger partial charge in [0.15, 0.2) is 0 Å². The summed E-state index contributed by atoms with van der Waals surface area (Å²) in [5.41, 5.74) is 7.24. The minimum absolute atomic E-state index is 0.00691. The van der Waals surface area contributed by atoms with Gasteiger partial charge in [0.1, 0.15) is 18.1 Å². The summed E-state index contributed by atoms with van der Waals surface area (Å²) in [5.74, 6) is -3.01. The van der Waals surface area contributed by atoms with Crippen LogP contribution in [0.5, 0.6) is 0 Å². The van der Waals surface area contributed by atoms with Crippen LogP contribution in [0.1, 0.15) is 38.4 Å². The molecular formula is C24H34N6O5. The molecule has 2 rings (SSSR count). The van der Waals surface area contributed by atoms with E-state index in [1.54, 1.807) is 24.3 Å². The fraction of sp³-hybridized carbons (Fsp3) is 0.458. The fourth-order valence-electron chi connectivity index (χ4n) is 3.33. The Labute approximate surface area is 204 Å². The summed E-state index contributed by atoms with van der Waals surface area (Å²) in [6.07, 6.45) is 3.71. The maximum atomic E-state index is 13.1. The van der Waals surface area contributed by atoms with Crippen LogP contribution < -0.4 is 21.7 Å². The molecule has 0 radical (unpaired) electrons. The van der Waals surface area contributed by atoms with Crippen molar-refractivity contribution in [3.63, 3.8) is 0 Å². The van der Waals surface area contributed by atoms with E-state index in [0.717, 1.165) is 5.56 Å². The van der Waals surface area contributed by atoms with Crippen LogP contribution in [0, 0.1) is 5.92 Å². The van der Waals surface area contributed by atoms with Gasteiger partial charge in [0.2, 0.25) is 17.7 Å². The van der Waals surface area contributed by atoms with Crippen molar-refractivity contribution >= 4 is 23.7 Å². The average Bonchev–Trinajstić information content (AvgIpc) is 3.35. The molecule has 0 spiro atoms. The number of carboxylic acid groups (broad SMARTS) is 1. The quantitative estimate of drug-likeness (QED) is 0.233. The van der Waals surface area contributed by atoms with Crippen molar-refractivity contribution in [1.82, 2.24) is 25.9 Å². The van der Waals surface area contributed by atoms with Crippen LogP contribution in [0.2, 0.25) is 0 Å². The summed E-state index contributed by atoms with van der Waals surface area (Å²) in [7, 11) is 0. The lowest BCUT2D eigenvalue weighted by Gasteiger charge is -2.24. The molecule has 0 aliphatic heterocycles. The Morgan fingerprint density at radius 1 is 0.971 bits per heavy atom. The normalized spacial score (nSPS) is 15.2. The van der Waals surface area contributed by atoms with Gasteiger partial charge < -0.3 is 31.8 Å². The first-order chi connectivity index (χ1) is 16.6. The number of hydrogen-bond donors (Lipinski definition) is 6. The maximum absolute atomic E-state index is 13.1. The molecule has 7 N–H and O–H groups in total. The second-order valence-electron chi connectivity index (χ2n) is 8.57. The van der Waals surface area contributed by atoms with Crippen molar-refractivity contribution in [3.8, 4) is 0 Å². The third kappa shape index (κ3) is 8.53. The third-order valence-corrected chi connectivity index (χ3v) is 5.82. The van der Waals surface area contributed by atoms with E-state index in [-0.39, 0.29) is 18.8 Å². The van der Waals surface area contributed by atoms with Crippen LogP contribution >= 0.6 is 0 Å². The van der Waals surface area contributed by atoms with E-state index in [1.165, 1.54) is 19.4 Å². The number of benzene rings is 1. The van der Waals surface area contributed by atoms with E-state index in [0.29, 0.717) is 12.1 Å². The van der Waals surface area contributed by atoms with E-state index in [9.17, 15) is 24.3 Å². The molecule has 0 aliphatic rings. The van der Waals surface area contributed by atoms with Gasteiger partial charge in [0.05, 0.1) is 12.4 Å². The number of amides is 3. The zero-order valence-electron chi connectivity index (χ0n) is 20.2. The number of nitrogens with one attached hydrogen (secondary N) is 4. The van der Waals surface area contributed by atoms with Gasteiger partial charge in [-0.2, -0.15) is 0 Å². The Balaban J connectivity index is 2.12. The summed E-state index contributed by atoms with van der Waals surface area (Å²) < 4.78 is 0. The van der Waals surface area contributed by atoms with Gasteiger partial charge in [-0.15, -0.1) is 0 Å². The number of nitrogens with zero attached hydrogens (tertiary/aromatic N) is 1. The smallest absolute Gasteiger partial charge is 0.326 e. The highest BCUT2D eigenvalue weighted by molar-refractivity contribution is 5.94. The van der Waals surface area contributed by atoms with Crippen molar-refractivity contribution in [2.45, 2.75) is 64.2 Å². The molecule has 1 aromatic carbocycles. The minimum Gasteiger partial charge on any atom is -0.480 e. The number of aromatic nitrogens is 2. The van der Waals surface area contributed by atoms with Gasteiger partial charge in [-0.1, -0.05) is 50.6 Å². The van der Waals surface area contributed by atoms with Crippen molar-refractivity contribution in [1.29, 1.82) is 0 Å². The van der Waals surface area contributed by atoms with Crippen LogP contribution in [-0.4, -0.2) is 62.9 Å². The van der Waals surface area contributed by atoms with Crippen LogP contribution in [0.25, 0.3) is 0 Å². The highest BCUT2D eigenvalue weighted by Crippen LogP contribution is 2.07. The lowest BCUT2D eigenvalue weighted by atomic mass is 9.99. The number of carbonyl (C=O) groups is 4. The molecule has 11 heteroatoms. The first-order valence-electron chi connectivity index (χ1n) is 11.5. The zero-order valence-corrected chi connectivity index (χ0v) is 20.2. The molecule has 0 bridgehead atoms. The Morgan fingerprint density at radius 2 is 1.63 bits per heavy atom. The standard InChI is InChI=1S/C24H34N6O5/c1-4-14(2)20(25)23(33)28-15(3)21(31)29-18(10-16-8-6-5-7-9-16)22(32)30-19(24(34)35)11-17-12-26-13-27-17/h5-9,12-15,18-20H,4,10-11,25H2,1-3H3,(H,26,27)(H,28,33)(H,29,31)(H,30,32)(H,34,35). The number of rotatable bonds is 13. The number of nitrogens with two attached hydrogens (primary N) is 1. The van der Waals surface area contributed by atoms with Crippen LogP contribution in [0.15, 0.2) is 42.9 Å². The lowest BCUT2D eigenvalue weighted by molar-refractivity contribution is -0.142. The largest absolute Gasteiger partial charge is 0.480 e. The molecule has 3 amide bonds. The summed E-state index contributed by atoms with van der Waals surface area (Å²) in [5, 5.41) is 17.3. The topological polar surface area (TPSA) is 179 Å². The second kappa shape index (κ2) is 13.2.